The molecule has 98 valence electrons. The number of anilines is 1. The van der Waals surface area contributed by atoms with Crippen LogP contribution in [0.15, 0.2) is 12.4 Å². The molecule has 4 N–H and O–H groups in total. The van der Waals surface area contributed by atoms with Crippen molar-refractivity contribution in [3.63, 3.8) is 0 Å². The zero-order valence-electron chi connectivity index (χ0n) is 9.68. The highest BCUT2D eigenvalue weighted by atomic mass is 35.5. The van der Waals surface area contributed by atoms with Gasteiger partial charge in [0.15, 0.2) is 11.5 Å². The number of halogens is 1. The summed E-state index contributed by atoms with van der Waals surface area (Å²) in [4.78, 5) is 15.1. The number of nitrogens with zero attached hydrogens (tertiary/aromatic N) is 4. The summed E-state index contributed by atoms with van der Waals surface area (Å²) in [5.41, 5.74) is 2.60. The van der Waals surface area contributed by atoms with Crippen molar-refractivity contribution >= 4 is 28.6 Å². The number of rotatable bonds is 4. The van der Waals surface area contributed by atoms with E-state index in [0.29, 0.717) is 29.2 Å². The summed E-state index contributed by atoms with van der Waals surface area (Å²) in [5, 5.41) is 18.9. The Kier molecular flexibility index (Phi) is 3.02. The lowest BCUT2D eigenvalue weighted by Crippen LogP contribution is -2.03. The maximum Gasteiger partial charge on any atom is 0.226 e. The minimum atomic E-state index is -0.0966. The van der Waals surface area contributed by atoms with Gasteiger partial charge in [0.1, 0.15) is 5.52 Å². The molecule has 0 unspecified atom stereocenters. The number of nitrogens with one attached hydrogen (secondary N) is 3. The lowest BCUT2D eigenvalue weighted by Gasteiger charge is -2.04. The van der Waals surface area contributed by atoms with Gasteiger partial charge >= 0.3 is 0 Å². The van der Waals surface area contributed by atoms with Gasteiger partial charge in [-0.25, -0.2) is 4.98 Å². The molecule has 3 aromatic heterocycles. The summed E-state index contributed by atoms with van der Waals surface area (Å²) in [6.07, 6.45) is 1.53. The van der Waals surface area contributed by atoms with Gasteiger partial charge in [0.2, 0.25) is 5.28 Å². The van der Waals surface area contributed by atoms with Crippen LogP contribution in [0.4, 0.5) is 5.82 Å². The molecule has 0 atom stereocenters. The van der Waals surface area contributed by atoms with Crippen LogP contribution in [0, 0.1) is 0 Å². The Morgan fingerprint density at radius 1 is 1.37 bits per heavy atom. The normalized spacial score (nSPS) is 11.1. The summed E-state index contributed by atoms with van der Waals surface area (Å²) in [6, 6.07) is 1.76. The van der Waals surface area contributed by atoms with Gasteiger partial charge < -0.3 is 15.4 Å². The third-order valence-corrected chi connectivity index (χ3v) is 2.72. The van der Waals surface area contributed by atoms with E-state index in [2.05, 4.69) is 35.5 Å². The number of hydrogen-bond donors (Lipinski definition) is 4. The van der Waals surface area contributed by atoms with Gasteiger partial charge in [-0.05, 0) is 17.7 Å². The van der Waals surface area contributed by atoms with E-state index in [1.165, 1.54) is 6.33 Å². The number of hydrogen-bond acceptors (Lipinski definition) is 6. The quantitative estimate of drug-likeness (QED) is 0.526. The molecule has 0 radical (unpaired) electrons. The summed E-state index contributed by atoms with van der Waals surface area (Å²) >= 11 is 5.82. The largest absolute Gasteiger partial charge is 0.390 e. The first-order valence-corrected chi connectivity index (χ1v) is 5.88. The van der Waals surface area contributed by atoms with Crippen LogP contribution >= 0.6 is 11.6 Å². The number of aromatic nitrogens is 6. The molecule has 0 saturated carbocycles. The fourth-order valence-electron chi connectivity index (χ4n) is 1.69. The van der Waals surface area contributed by atoms with Crippen molar-refractivity contribution in [2.45, 2.75) is 13.2 Å². The van der Waals surface area contributed by atoms with Crippen molar-refractivity contribution in [1.29, 1.82) is 0 Å². The second kappa shape index (κ2) is 4.82. The van der Waals surface area contributed by atoms with Crippen LogP contribution in [0.3, 0.4) is 0 Å². The molecule has 0 aliphatic rings. The van der Waals surface area contributed by atoms with Gasteiger partial charge in [0.05, 0.1) is 30.9 Å². The Morgan fingerprint density at radius 3 is 3.05 bits per heavy atom. The van der Waals surface area contributed by atoms with E-state index in [1.807, 2.05) is 0 Å². The Morgan fingerprint density at radius 2 is 2.26 bits per heavy atom. The lowest BCUT2D eigenvalue weighted by atomic mass is 10.3. The molecule has 0 spiro atoms. The van der Waals surface area contributed by atoms with Crippen molar-refractivity contribution in [1.82, 2.24) is 30.1 Å². The first kappa shape index (κ1) is 11.9. The average Bonchev–Trinajstić information content (AvgIpc) is 3.03. The molecular formula is C10H10ClN7O. The fraction of sp³-hybridized carbons (Fsp3) is 0.200. The first-order chi connectivity index (χ1) is 9.26. The standard InChI is InChI=1S/C10H10ClN7O/c11-10-15-8(7-9(16-10)14-4-13-7)12-2-5-1-6(3-19)18-17-5/h1,4,19H,2-3H2,(H,17,18)(H2,12,13,14,15,16). The molecule has 0 fully saturated rings. The number of aliphatic hydroxyl groups is 1. The second-order valence-corrected chi connectivity index (χ2v) is 4.18. The number of aliphatic hydroxyl groups excluding tert-OH is 1. The topological polar surface area (TPSA) is 115 Å². The summed E-state index contributed by atoms with van der Waals surface area (Å²) in [6.45, 7) is 0.370. The SMILES string of the molecule is OCc1cc(CNc2nc(Cl)nc3nc[nH]c23)[nH]n1. The van der Waals surface area contributed by atoms with Crippen LogP contribution in [0.5, 0.6) is 0 Å². The highest BCUT2D eigenvalue weighted by Crippen LogP contribution is 2.19. The Bertz CT molecular complexity index is 707. The Hall–Kier alpha value is -2.19. The van der Waals surface area contributed by atoms with Gasteiger partial charge in [-0.15, -0.1) is 0 Å². The van der Waals surface area contributed by atoms with Crippen molar-refractivity contribution in [2.75, 3.05) is 5.32 Å². The molecule has 9 heteroatoms. The molecule has 3 rings (SSSR count). The minimum Gasteiger partial charge on any atom is -0.390 e. The van der Waals surface area contributed by atoms with E-state index in [-0.39, 0.29) is 11.9 Å². The Labute approximate surface area is 112 Å². The zero-order valence-corrected chi connectivity index (χ0v) is 10.4. The van der Waals surface area contributed by atoms with Gasteiger partial charge in [0, 0.05) is 0 Å². The number of fused-ring (bicyclic) bond motifs is 1. The van der Waals surface area contributed by atoms with Crippen LogP contribution in [-0.2, 0) is 13.2 Å². The van der Waals surface area contributed by atoms with E-state index >= 15 is 0 Å². The van der Waals surface area contributed by atoms with Crippen LogP contribution in [0.25, 0.3) is 11.2 Å². The smallest absolute Gasteiger partial charge is 0.226 e. The van der Waals surface area contributed by atoms with Crippen molar-refractivity contribution in [3.8, 4) is 0 Å². The number of aromatic amines is 2. The molecule has 19 heavy (non-hydrogen) atoms. The van der Waals surface area contributed by atoms with Crippen LogP contribution in [0.1, 0.15) is 11.4 Å². The maximum absolute atomic E-state index is 8.93. The van der Waals surface area contributed by atoms with Crippen molar-refractivity contribution in [2.24, 2.45) is 0 Å². The molecule has 0 amide bonds. The van der Waals surface area contributed by atoms with Crippen LogP contribution < -0.4 is 5.32 Å². The average molecular weight is 280 g/mol. The predicted molar refractivity (Wildman–Crippen MR) is 68.5 cm³/mol. The summed E-state index contributed by atoms with van der Waals surface area (Å²) < 4.78 is 0. The molecule has 0 saturated heterocycles. The van der Waals surface area contributed by atoms with Crippen LogP contribution in [-0.4, -0.2) is 35.2 Å². The maximum atomic E-state index is 8.93. The van der Waals surface area contributed by atoms with Crippen LogP contribution in [0.2, 0.25) is 5.28 Å². The molecule has 3 heterocycles. The van der Waals surface area contributed by atoms with Gasteiger partial charge in [-0.2, -0.15) is 15.1 Å². The number of H-pyrrole nitrogens is 2. The molecule has 8 nitrogen and oxygen atoms in total. The minimum absolute atomic E-state index is 0.0966. The molecular weight excluding hydrogens is 270 g/mol. The monoisotopic (exact) mass is 279 g/mol. The molecule has 3 aromatic rings. The number of imidazole rings is 1. The summed E-state index contributed by atoms with van der Waals surface area (Å²) in [5.74, 6) is 0.563. The lowest BCUT2D eigenvalue weighted by molar-refractivity contribution is 0.276. The van der Waals surface area contributed by atoms with Gasteiger partial charge in [-0.1, -0.05) is 0 Å². The second-order valence-electron chi connectivity index (χ2n) is 3.84. The third kappa shape index (κ3) is 2.35. The zero-order chi connectivity index (χ0) is 13.2. The van der Waals surface area contributed by atoms with E-state index in [0.717, 1.165) is 5.69 Å². The van der Waals surface area contributed by atoms with E-state index in [4.69, 9.17) is 16.7 Å². The van der Waals surface area contributed by atoms with E-state index < -0.39 is 0 Å². The van der Waals surface area contributed by atoms with Crippen molar-refractivity contribution < 1.29 is 5.11 Å². The molecule has 0 aliphatic heterocycles. The van der Waals surface area contributed by atoms with Gasteiger partial charge in [-0.3, -0.25) is 5.10 Å². The summed E-state index contributed by atoms with van der Waals surface area (Å²) in [7, 11) is 0. The first-order valence-electron chi connectivity index (χ1n) is 5.51. The Balaban J connectivity index is 1.83. The van der Waals surface area contributed by atoms with Crippen molar-refractivity contribution in [3.05, 3.63) is 29.1 Å². The highest BCUT2D eigenvalue weighted by molar-refractivity contribution is 6.28. The van der Waals surface area contributed by atoms with E-state index in [9.17, 15) is 0 Å². The van der Waals surface area contributed by atoms with Gasteiger partial charge in [0.25, 0.3) is 0 Å². The predicted octanol–water partition coefficient (Wildman–Crippen LogP) is 0.834. The highest BCUT2D eigenvalue weighted by Gasteiger charge is 2.09. The van der Waals surface area contributed by atoms with E-state index in [1.54, 1.807) is 6.07 Å². The third-order valence-electron chi connectivity index (χ3n) is 2.55. The molecule has 0 bridgehead atoms. The molecule has 0 aromatic carbocycles. The molecule has 0 aliphatic carbocycles. The fourth-order valence-corrected chi connectivity index (χ4v) is 1.86.